The SMILES string of the molecule is CC(C)(C)OC(=O)OC(=O)C[C@H](N)c1ccc(F)cc1. The van der Waals surface area contributed by atoms with Crippen LogP contribution in [-0.4, -0.2) is 17.7 Å². The van der Waals surface area contributed by atoms with E-state index in [1.165, 1.54) is 24.3 Å². The number of carbonyl (C=O) groups is 2. The summed E-state index contributed by atoms with van der Waals surface area (Å²) in [7, 11) is 0. The summed E-state index contributed by atoms with van der Waals surface area (Å²) >= 11 is 0. The zero-order valence-corrected chi connectivity index (χ0v) is 11.7. The molecule has 0 bridgehead atoms. The molecule has 0 fully saturated rings. The monoisotopic (exact) mass is 283 g/mol. The summed E-state index contributed by atoms with van der Waals surface area (Å²) in [5.41, 5.74) is 5.61. The van der Waals surface area contributed by atoms with Crippen molar-refractivity contribution >= 4 is 12.1 Å². The van der Waals surface area contributed by atoms with Crippen LogP contribution in [0.25, 0.3) is 0 Å². The Morgan fingerprint density at radius 1 is 1.25 bits per heavy atom. The van der Waals surface area contributed by atoms with E-state index in [1.807, 2.05) is 0 Å². The Kier molecular flexibility index (Phi) is 5.21. The van der Waals surface area contributed by atoms with Crippen molar-refractivity contribution in [3.8, 4) is 0 Å². The first-order valence-electron chi connectivity index (χ1n) is 6.12. The van der Waals surface area contributed by atoms with Gasteiger partial charge in [-0.05, 0) is 38.5 Å². The van der Waals surface area contributed by atoms with Crippen LogP contribution in [0.4, 0.5) is 9.18 Å². The number of carbonyl (C=O) groups excluding carboxylic acids is 2. The van der Waals surface area contributed by atoms with E-state index in [0.717, 1.165) is 0 Å². The largest absolute Gasteiger partial charge is 0.516 e. The maximum Gasteiger partial charge on any atom is 0.516 e. The third kappa shape index (κ3) is 5.79. The van der Waals surface area contributed by atoms with Gasteiger partial charge in [-0.1, -0.05) is 12.1 Å². The summed E-state index contributed by atoms with van der Waals surface area (Å²) < 4.78 is 22.1. The molecule has 0 radical (unpaired) electrons. The number of ether oxygens (including phenoxy) is 2. The molecule has 1 atom stereocenters. The lowest BCUT2D eigenvalue weighted by atomic mass is 10.1. The van der Waals surface area contributed by atoms with Gasteiger partial charge in [0.05, 0.1) is 6.42 Å². The first-order valence-corrected chi connectivity index (χ1v) is 6.12. The van der Waals surface area contributed by atoms with E-state index in [9.17, 15) is 14.0 Å². The van der Waals surface area contributed by atoms with Crippen LogP contribution in [0.15, 0.2) is 24.3 Å². The highest BCUT2D eigenvalue weighted by Gasteiger charge is 2.21. The Morgan fingerprint density at radius 3 is 2.30 bits per heavy atom. The van der Waals surface area contributed by atoms with E-state index in [0.29, 0.717) is 5.56 Å². The summed E-state index contributed by atoms with van der Waals surface area (Å²) in [5, 5.41) is 0. The summed E-state index contributed by atoms with van der Waals surface area (Å²) in [5.74, 6) is -1.19. The molecule has 5 nitrogen and oxygen atoms in total. The molecule has 0 unspecified atom stereocenters. The molecule has 1 rings (SSSR count). The van der Waals surface area contributed by atoms with Gasteiger partial charge in [-0.3, -0.25) is 4.79 Å². The van der Waals surface area contributed by atoms with Gasteiger partial charge in [0, 0.05) is 6.04 Å². The van der Waals surface area contributed by atoms with Crippen LogP contribution in [0.3, 0.4) is 0 Å². The summed E-state index contributed by atoms with van der Waals surface area (Å²) in [6, 6.07) is 4.76. The highest BCUT2D eigenvalue weighted by Crippen LogP contribution is 2.16. The van der Waals surface area contributed by atoms with Gasteiger partial charge in [0.1, 0.15) is 11.4 Å². The van der Waals surface area contributed by atoms with E-state index < -0.39 is 29.6 Å². The fraction of sp³-hybridized carbons (Fsp3) is 0.429. The molecule has 0 saturated heterocycles. The van der Waals surface area contributed by atoms with Crippen molar-refractivity contribution in [2.24, 2.45) is 5.73 Å². The van der Waals surface area contributed by atoms with Crippen LogP contribution in [0, 0.1) is 5.82 Å². The molecular formula is C14H18FNO4. The second-order valence-electron chi connectivity index (χ2n) is 5.30. The number of halogens is 1. The third-order valence-corrected chi connectivity index (χ3v) is 2.27. The maximum atomic E-state index is 12.7. The summed E-state index contributed by atoms with van der Waals surface area (Å²) in [6.07, 6.45) is -1.26. The maximum absolute atomic E-state index is 12.7. The van der Waals surface area contributed by atoms with Crippen LogP contribution in [0.2, 0.25) is 0 Å². The molecule has 2 N–H and O–H groups in total. The topological polar surface area (TPSA) is 78.6 Å². The van der Waals surface area contributed by atoms with E-state index in [-0.39, 0.29) is 6.42 Å². The molecule has 1 aromatic carbocycles. The van der Waals surface area contributed by atoms with Crippen LogP contribution < -0.4 is 5.73 Å². The van der Waals surface area contributed by atoms with Gasteiger partial charge in [0.2, 0.25) is 0 Å². The minimum Gasteiger partial charge on any atom is -0.428 e. The molecule has 0 aliphatic rings. The lowest BCUT2D eigenvalue weighted by Gasteiger charge is -2.18. The standard InChI is InChI=1S/C14H18FNO4/c1-14(2,3)20-13(18)19-12(17)8-11(16)9-4-6-10(15)7-5-9/h4-7,11H,8,16H2,1-3H3/t11-/m0/s1. The number of nitrogens with two attached hydrogens (primary N) is 1. The van der Waals surface area contributed by atoms with Gasteiger partial charge in [-0.25, -0.2) is 9.18 Å². The summed E-state index contributed by atoms with van der Waals surface area (Å²) in [6.45, 7) is 4.97. The first-order chi connectivity index (χ1) is 9.17. The second-order valence-corrected chi connectivity index (χ2v) is 5.30. The lowest BCUT2D eigenvalue weighted by molar-refractivity contribution is -0.141. The van der Waals surface area contributed by atoms with Gasteiger partial charge in [-0.15, -0.1) is 0 Å². The predicted molar refractivity (Wildman–Crippen MR) is 70.3 cm³/mol. The quantitative estimate of drug-likeness (QED) is 0.681. The fourth-order valence-electron chi connectivity index (χ4n) is 1.41. The van der Waals surface area contributed by atoms with E-state index in [1.54, 1.807) is 20.8 Å². The predicted octanol–water partition coefficient (Wildman–Crippen LogP) is 2.69. The highest BCUT2D eigenvalue weighted by atomic mass is 19.1. The van der Waals surface area contributed by atoms with Crippen molar-refractivity contribution in [3.05, 3.63) is 35.6 Å². The Labute approximate surface area is 116 Å². The van der Waals surface area contributed by atoms with Crippen molar-refractivity contribution in [3.63, 3.8) is 0 Å². The van der Waals surface area contributed by atoms with Crippen LogP contribution in [0.1, 0.15) is 38.8 Å². The van der Waals surface area contributed by atoms with Gasteiger partial charge in [0.15, 0.2) is 0 Å². The second kappa shape index (κ2) is 6.47. The average Bonchev–Trinajstić information content (AvgIpc) is 2.26. The van der Waals surface area contributed by atoms with Gasteiger partial charge in [-0.2, -0.15) is 0 Å². The number of rotatable bonds is 3. The van der Waals surface area contributed by atoms with Crippen molar-refractivity contribution in [1.29, 1.82) is 0 Å². The Balaban J connectivity index is 2.50. The Hall–Kier alpha value is -1.95. The number of benzene rings is 1. The highest BCUT2D eigenvalue weighted by molar-refractivity contribution is 5.82. The van der Waals surface area contributed by atoms with E-state index in [2.05, 4.69) is 4.74 Å². The lowest BCUT2D eigenvalue weighted by Crippen LogP contribution is -2.27. The smallest absolute Gasteiger partial charge is 0.428 e. The molecule has 0 heterocycles. The molecule has 0 aromatic heterocycles. The van der Waals surface area contributed by atoms with Crippen molar-refractivity contribution in [2.75, 3.05) is 0 Å². The molecule has 20 heavy (non-hydrogen) atoms. The van der Waals surface area contributed by atoms with E-state index in [4.69, 9.17) is 10.5 Å². The average molecular weight is 283 g/mol. The normalized spacial score (nSPS) is 12.7. The van der Waals surface area contributed by atoms with Crippen LogP contribution in [0.5, 0.6) is 0 Å². The third-order valence-electron chi connectivity index (χ3n) is 2.27. The van der Waals surface area contributed by atoms with Crippen LogP contribution >= 0.6 is 0 Å². The van der Waals surface area contributed by atoms with Gasteiger partial charge >= 0.3 is 12.1 Å². The number of hydrogen-bond donors (Lipinski definition) is 1. The van der Waals surface area contributed by atoms with Crippen LogP contribution in [-0.2, 0) is 14.3 Å². The number of esters is 1. The Morgan fingerprint density at radius 2 is 1.80 bits per heavy atom. The van der Waals surface area contributed by atoms with Crippen molar-refractivity contribution < 1.29 is 23.5 Å². The molecular weight excluding hydrogens is 265 g/mol. The molecule has 1 aromatic rings. The molecule has 0 aliphatic carbocycles. The minimum atomic E-state index is -1.06. The molecule has 6 heteroatoms. The van der Waals surface area contributed by atoms with Gasteiger partial charge in [0.25, 0.3) is 0 Å². The van der Waals surface area contributed by atoms with Crippen molar-refractivity contribution in [2.45, 2.75) is 38.8 Å². The molecule has 0 aliphatic heterocycles. The minimum absolute atomic E-state index is 0.203. The Bertz CT molecular complexity index is 479. The molecule has 0 spiro atoms. The first kappa shape index (κ1) is 16.1. The van der Waals surface area contributed by atoms with Crippen molar-refractivity contribution in [1.82, 2.24) is 0 Å². The molecule has 110 valence electrons. The van der Waals surface area contributed by atoms with E-state index >= 15 is 0 Å². The molecule has 0 amide bonds. The van der Waals surface area contributed by atoms with Gasteiger partial charge < -0.3 is 15.2 Å². The zero-order valence-electron chi connectivity index (χ0n) is 11.7. The fourth-order valence-corrected chi connectivity index (χ4v) is 1.41. The summed E-state index contributed by atoms with van der Waals surface area (Å²) in [4.78, 5) is 22.8. The zero-order chi connectivity index (χ0) is 15.3. The molecule has 0 saturated carbocycles. The number of hydrogen-bond acceptors (Lipinski definition) is 5.